The smallest absolute Gasteiger partial charge is 0.275 e. The molecule has 8 nitrogen and oxygen atoms in total. The lowest BCUT2D eigenvalue weighted by Gasteiger charge is -2.09. The predicted octanol–water partition coefficient (Wildman–Crippen LogP) is 4.82. The van der Waals surface area contributed by atoms with Gasteiger partial charge in [-0.1, -0.05) is 11.6 Å². The summed E-state index contributed by atoms with van der Waals surface area (Å²) in [7, 11) is 0. The van der Waals surface area contributed by atoms with Crippen molar-refractivity contribution in [2.75, 3.05) is 5.32 Å². The van der Waals surface area contributed by atoms with Crippen molar-refractivity contribution in [3.63, 3.8) is 0 Å². The molecule has 0 aliphatic heterocycles. The van der Waals surface area contributed by atoms with Crippen molar-refractivity contribution in [1.82, 2.24) is 9.78 Å². The number of aryl methyl sites for hydroxylation is 2. The van der Waals surface area contributed by atoms with Gasteiger partial charge < -0.3 is 10.1 Å². The second kappa shape index (κ2) is 8.10. The van der Waals surface area contributed by atoms with Gasteiger partial charge in [0.1, 0.15) is 11.5 Å². The largest absolute Gasteiger partial charge is 0.457 e. The van der Waals surface area contributed by atoms with Crippen LogP contribution < -0.4 is 10.1 Å². The van der Waals surface area contributed by atoms with Crippen LogP contribution in [-0.4, -0.2) is 20.6 Å². The number of nitrogens with one attached hydrogen (secondary N) is 1. The quantitative estimate of drug-likeness (QED) is 0.472. The first-order valence-corrected chi connectivity index (χ1v) is 8.82. The van der Waals surface area contributed by atoms with Crippen LogP contribution >= 0.6 is 11.6 Å². The molecular formula is C19H17ClN4O4. The Morgan fingerprint density at radius 3 is 2.57 bits per heavy atom. The number of nitro groups is 1. The number of nitro benzene ring substituents is 1. The molecule has 1 aromatic heterocycles. The van der Waals surface area contributed by atoms with Gasteiger partial charge in [-0.15, -0.1) is 0 Å². The van der Waals surface area contributed by atoms with Gasteiger partial charge in [0.05, 0.1) is 27.9 Å². The fraction of sp³-hybridized carbons (Fsp3) is 0.158. The lowest BCUT2D eigenvalue weighted by Crippen LogP contribution is -2.12. The first-order chi connectivity index (χ1) is 13.4. The molecule has 3 aromatic rings. The number of halogens is 1. The average Bonchev–Trinajstić information content (AvgIpc) is 3.04. The van der Waals surface area contributed by atoms with Crippen LogP contribution in [0.2, 0.25) is 5.02 Å². The van der Waals surface area contributed by atoms with Gasteiger partial charge in [0.2, 0.25) is 0 Å². The topological polar surface area (TPSA) is 99.3 Å². The summed E-state index contributed by atoms with van der Waals surface area (Å²) in [5, 5.41) is 18.7. The van der Waals surface area contributed by atoms with Crippen LogP contribution in [0.25, 0.3) is 0 Å². The number of ether oxygens (including phenoxy) is 1. The van der Waals surface area contributed by atoms with Crippen LogP contribution in [0.1, 0.15) is 23.0 Å². The Morgan fingerprint density at radius 2 is 1.96 bits per heavy atom. The van der Waals surface area contributed by atoms with E-state index < -0.39 is 10.8 Å². The molecule has 0 atom stereocenters. The van der Waals surface area contributed by atoms with Crippen molar-refractivity contribution in [2.24, 2.45) is 0 Å². The lowest BCUT2D eigenvalue weighted by atomic mass is 10.2. The Morgan fingerprint density at radius 1 is 1.25 bits per heavy atom. The van der Waals surface area contributed by atoms with Gasteiger partial charge in [-0.2, -0.15) is 5.10 Å². The fourth-order valence-corrected chi connectivity index (χ4v) is 2.69. The minimum atomic E-state index is -0.551. The highest BCUT2D eigenvalue weighted by Crippen LogP contribution is 2.30. The van der Waals surface area contributed by atoms with Crippen LogP contribution in [0.3, 0.4) is 0 Å². The highest BCUT2D eigenvalue weighted by atomic mass is 35.5. The minimum absolute atomic E-state index is 0.206. The Labute approximate surface area is 165 Å². The number of hydrogen-bond acceptors (Lipinski definition) is 5. The highest BCUT2D eigenvalue weighted by molar-refractivity contribution is 6.30. The van der Waals surface area contributed by atoms with E-state index >= 15 is 0 Å². The molecule has 0 aliphatic carbocycles. The third kappa shape index (κ3) is 4.47. The van der Waals surface area contributed by atoms with Crippen LogP contribution in [0, 0.1) is 17.0 Å². The number of anilines is 1. The van der Waals surface area contributed by atoms with E-state index in [1.165, 1.54) is 18.2 Å². The third-order valence-electron chi connectivity index (χ3n) is 3.92. The number of carbonyl (C=O) groups is 1. The van der Waals surface area contributed by atoms with Gasteiger partial charge in [0.25, 0.3) is 11.6 Å². The molecule has 0 saturated heterocycles. The van der Waals surface area contributed by atoms with Gasteiger partial charge in [0, 0.05) is 29.9 Å². The maximum absolute atomic E-state index is 12.6. The van der Waals surface area contributed by atoms with Crippen LogP contribution in [0.15, 0.2) is 48.7 Å². The zero-order valence-corrected chi connectivity index (χ0v) is 15.9. The number of non-ortho nitro benzene ring substituents is 1. The SMILES string of the molecule is CCn1cc(C(=O)Nc2cc(Oc3ccc(Cl)cc3)cc([N+](=O)[O-])c2)c(C)n1. The minimum Gasteiger partial charge on any atom is -0.457 e. The monoisotopic (exact) mass is 400 g/mol. The van der Waals surface area contributed by atoms with Crippen molar-refractivity contribution >= 4 is 28.9 Å². The van der Waals surface area contributed by atoms with E-state index in [9.17, 15) is 14.9 Å². The predicted molar refractivity (Wildman–Crippen MR) is 105 cm³/mol. The van der Waals surface area contributed by atoms with Crippen molar-refractivity contribution < 1.29 is 14.5 Å². The van der Waals surface area contributed by atoms with E-state index in [0.29, 0.717) is 28.6 Å². The standard InChI is InChI=1S/C19H17ClN4O4/c1-3-23-11-18(12(2)22-23)19(25)21-14-8-15(24(26)27)10-17(9-14)28-16-6-4-13(20)5-7-16/h4-11H,3H2,1-2H3,(H,21,25). The summed E-state index contributed by atoms with van der Waals surface area (Å²) in [6.07, 6.45) is 1.63. The Hall–Kier alpha value is -3.39. The second-order valence-electron chi connectivity index (χ2n) is 5.97. The molecular weight excluding hydrogens is 384 g/mol. The van der Waals surface area contributed by atoms with Crippen molar-refractivity contribution in [1.29, 1.82) is 0 Å². The Kier molecular flexibility index (Phi) is 5.60. The summed E-state index contributed by atoms with van der Waals surface area (Å²) in [5.41, 5.74) is 1.01. The molecule has 3 rings (SSSR count). The summed E-state index contributed by atoms with van der Waals surface area (Å²) < 4.78 is 7.31. The highest BCUT2D eigenvalue weighted by Gasteiger charge is 2.17. The normalized spacial score (nSPS) is 10.5. The lowest BCUT2D eigenvalue weighted by molar-refractivity contribution is -0.384. The third-order valence-corrected chi connectivity index (χ3v) is 4.18. The number of carbonyl (C=O) groups excluding carboxylic acids is 1. The molecule has 0 aliphatic rings. The summed E-state index contributed by atoms with van der Waals surface area (Å²) in [4.78, 5) is 23.3. The van der Waals surface area contributed by atoms with E-state index in [4.69, 9.17) is 16.3 Å². The molecule has 2 aromatic carbocycles. The van der Waals surface area contributed by atoms with E-state index in [1.54, 1.807) is 42.1 Å². The molecule has 0 fully saturated rings. The van der Waals surface area contributed by atoms with E-state index in [1.807, 2.05) is 6.92 Å². The molecule has 9 heteroatoms. The molecule has 0 bridgehead atoms. The number of aromatic nitrogens is 2. The van der Waals surface area contributed by atoms with Gasteiger partial charge in [-0.3, -0.25) is 19.6 Å². The van der Waals surface area contributed by atoms with Gasteiger partial charge >= 0.3 is 0 Å². The molecule has 0 spiro atoms. The fourth-order valence-electron chi connectivity index (χ4n) is 2.56. The van der Waals surface area contributed by atoms with Gasteiger partial charge in [0.15, 0.2) is 0 Å². The molecule has 144 valence electrons. The van der Waals surface area contributed by atoms with Crippen molar-refractivity contribution in [3.05, 3.63) is 75.1 Å². The number of hydrogen-bond donors (Lipinski definition) is 1. The molecule has 1 amide bonds. The maximum atomic E-state index is 12.6. The summed E-state index contributed by atoms with van der Waals surface area (Å²) in [5.74, 6) is 0.269. The number of amides is 1. The summed E-state index contributed by atoms with van der Waals surface area (Å²) >= 11 is 5.85. The molecule has 1 N–H and O–H groups in total. The first kappa shape index (κ1) is 19.4. The Bertz CT molecular complexity index is 1030. The van der Waals surface area contributed by atoms with Crippen LogP contribution in [-0.2, 0) is 6.54 Å². The summed E-state index contributed by atoms with van der Waals surface area (Å²) in [6.45, 7) is 4.27. The van der Waals surface area contributed by atoms with Crippen molar-refractivity contribution in [2.45, 2.75) is 20.4 Å². The van der Waals surface area contributed by atoms with Gasteiger partial charge in [-0.25, -0.2) is 0 Å². The van der Waals surface area contributed by atoms with Crippen LogP contribution in [0.5, 0.6) is 11.5 Å². The molecule has 0 saturated carbocycles. The number of benzene rings is 2. The first-order valence-electron chi connectivity index (χ1n) is 8.44. The van der Waals surface area contributed by atoms with E-state index in [2.05, 4.69) is 10.4 Å². The van der Waals surface area contributed by atoms with Gasteiger partial charge in [-0.05, 0) is 38.1 Å². The second-order valence-corrected chi connectivity index (χ2v) is 6.40. The molecule has 28 heavy (non-hydrogen) atoms. The van der Waals surface area contributed by atoms with E-state index in [-0.39, 0.29) is 17.1 Å². The number of rotatable bonds is 6. The Balaban J connectivity index is 1.88. The molecule has 0 unspecified atom stereocenters. The maximum Gasteiger partial charge on any atom is 0.275 e. The average molecular weight is 401 g/mol. The molecule has 1 heterocycles. The zero-order chi connectivity index (χ0) is 20.3. The van der Waals surface area contributed by atoms with E-state index in [0.717, 1.165) is 0 Å². The zero-order valence-electron chi connectivity index (χ0n) is 15.2. The molecule has 0 radical (unpaired) electrons. The summed E-state index contributed by atoms with van der Waals surface area (Å²) in [6, 6.07) is 10.6. The van der Waals surface area contributed by atoms with Crippen LogP contribution in [0.4, 0.5) is 11.4 Å². The van der Waals surface area contributed by atoms with Crippen molar-refractivity contribution in [3.8, 4) is 11.5 Å². The number of nitrogens with zero attached hydrogens (tertiary/aromatic N) is 3.